The molecular weight excluding hydrogens is 386 g/mol. The number of hydrogen-bond acceptors (Lipinski definition) is 3. The molecule has 0 radical (unpaired) electrons. The number of rotatable bonds is 5. The van der Waals surface area contributed by atoms with Crippen molar-refractivity contribution in [1.29, 1.82) is 0 Å². The van der Waals surface area contributed by atoms with Gasteiger partial charge < -0.3 is 0 Å². The predicted octanol–water partition coefficient (Wildman–Crippen LogP) is 4.53. The van der Waals surface area contributed by atoms with E-state index in [0.717, 1.165) is 31.5 Å². The van der Waals surface area contributed by atoms with Crippen LogP contribution in [0.5, 0.6) is 0 Å². The predicted molar refractivity (Wildman–Crippen MR) is 98.2 cm³/mol. The molecule has 8 heteroatoms. The minimum Gasteiger partial charge on any atom is -0.299 e. The molecule has 0 bridgehead atoms. The first kappa shape index (κ1) is 18.5. The number of nitrogens with one attached hydrogen (secondary N) is 1. The number of sulfonamides is 1. The van der Waals surface area contributed by atoms with Gasteiger partial charge in [0.15, 0.2) is 0 Å². The second-order valence-corrected chi connectivity index (χ2v) is 8.46. The van der Waals surface area contributed by atoms with Gasteiger partial charge in [0.05, 0.1) is 20.6 Å². The van der Waals surface area contributed by atoms with Crippen LogP contribution in [0.2, 0.25) is 10.0 Å². The van der Waals surface area contributed by atoms with Crippen molar-refractivity contribution in [3.8, 4) is 0 Å². The van der Waals surface area contributed by atoms with E-state index in [1.807, 2.05) is 0 Å². The number of halogens is 3. The fraction of sp³-hybridized carbons (Fsp3) is 0.294. The molecule has 0 aromatic heterocycles. The van der Waals surface area contributed by atoms with Gasteiger partial charge in [-0.05, 0) is 61.8 Å². The van der Waals surface area contributed by atoms with Crippen LogP contribution in [0.15, 0.2) is 41.3 Å². The summed E-state index contributed by atoms with van der Waals surface area (Å²) in [7, 11) is -3.90. The summed E-state index contributed by atoms with van der Waals surface area (Å²) in [5, 5.41) is 0.405. The van der Waals surface area contributed by atoms with E-state index in [2.05, 4.69) is 9.62 Å². The molecule has 1 fully saturated rings. The molecule has 1 saturated heterocycles. The first-order valence-corrected chi connectivity index (χ1v) is 10.1. The third-order valence-electron chi connectivity index (χ3n) is 4.11. The number of likely N-dealkylation sites (tertiary alicyclic amines) is 1. The number of benzene rings is 2. The van der Waals surface area contributed by atoms with Crippen molar-refractivity contribution in [3.05, 3.63) is 57.8 Å². The van der Waals surface area contributed by atoms with Crippen molar-refractivity contribution in [2.45, 2.75) is 24.3 Å². The zero-order valence-corrected chi connectivity index (χ0v) is 15.6. The molecule has 2 aromatic carbocycles. The van der Waals surface area contributed by atoms with Crippen molar-refractivity contribution in [1.82, 2.24) is 4.90 Å². The maximum Gasteiger partial charge on any atom is 0.261 e. The lowest BCUT2D eigenvalue weighted by Gasteiger charge is -2.18. The standard InChI is InChI=1S/C17H17Cl2FN2O2S/c18-15-6-5-14(10-16(15)19)25(23,24)21-17-9-13(20)4-3-12(17)11-22-7-1-2-8-22/h3-6,9-10,21H,1-2,7-8,11H2. The van der Waals surface area contributed by atoms with Crippen LogP contribution in [-0.2, 0) is 16.6 Å². The van der Waals surface area contributed by atoms with Gasteiger partial charge in [0.1, 0.15) is 5.82 Å². The van der Waals surface area contributed by atoms with E-state index in [4.69, 9.17) is 23.2 Å². The summed E-state index contributed by atoms with van der Waals surface area (Å²) >= 11 is 11.7. The lowest BCUT2D eigenvalue weighted by Crippen LogP contribution is -2.21. The van der Waals surface area contributed by atoms with Crippen LogP contribution in [0.1, 0.15) is 18.4 Å². The van der Waals surface area contributed by atoms with Gasteiger partial charge >= 0.3 is 0 Å². The molecule has 0 amide bonds. The van der Waals surface area contributed by atoms with Crippen molar-refractivity contribution in [3.63, 3.8) is 0 Å². The highest BCUT2D eigenvalue weighted by atomic mass is 35.5. The molecule has 134 valence electrons. The first-order chi connectivity index (χ1) is 11.8. The highest BCUT2D eigenvalue weighted by molar-refractivity contribution is 7.92. The number of hydrogen-bond donors (Lipinski definition) is 1. The van der Waals surface area contributed by atoms with Crippen LogP contribution >= 0.6 is 23.2 Å². The van der Waals surface area contributed by atoms with Crippen molar-refractivity contribution in [2.24, 2.45) is 0 Å². The Bertz CT molecular complexity index is 884. The number of anilines is 1. The zero-order chi connectivity index (χ0) is 18.0. The molecule has 3 rings (SSSR count). The Morgan fingerprint density at radius 1 is 1.04 bits per heavy atom. The molecule has 0 unspecified atom stereocenters. The van der Waals surface area contributed by atoms with Crippen molar-refractivity contribution >= 4 is 38.9 Å². The first-order valence-electron chi connectivity index (χ1n) is 7.84. The molecule has 25 heavy (non-hydrogen) atoms. The Balaban J connectivity index is 1.89. The summed E-state index contributed by atoms with van der Waals surface area (Å²) in [6.45, 7) is 2.48. The Morgan fingerprint density at radius 3 is 2.44 bits per heavy atom. The van der Waals surface area contributed by atoms with Gasteiger partial charge in [0, 0.05) is 6.54 Å². The fourth-order valence-electron chi connectivity index (χ4n) is 2.81. The van der Waals surface area contributed by atoms with E-state index in [0.29, 0.717) is 6.54 Å². The summed E-state index contributed by atoms with van der Waals surface area (Å²) in [5.74, 6) is -0.503. The molecule has 2 aromatic rings. The maximum absolute atomic E-state index is 13.7. The molecule has 0 aliphatic carbocycles. The average Bonchev–Trinajstić information content (AvgIpc) is 3.05. The summed E-state index contributed by atoms with van der Waals surface area (Å²) < 4.78 is 41.4. The summed E-state index contributed by atoms with van der Waals surface area (Å²) in [4.78, 5) is 2.18. The van der Waals surface area contributed by atoms with E-state index in [-0.39, 0.29) is 20.6 Å². The molecule has 1 N–H and O–H groups in total. The van der Waals surface area contributed by atoms with E-state index in [1.54, 1.807) is 6.07 Å². The van der Waals surface area contributed by atoms with Crippen LogP contribution in [0.4, 0.5) is 10.1 Å². The Labute approximate surface area is 156 Å². The van der Waals surface area contributed by atoms with Crippen molar-refractivity contribution < 1.29 is 12.8 Å². The van der Waals surface area contributed by atoms with Crippen LogP contribution in [0, 0.1) is 5.82 Å². The van der Waals surface area contributed by atoms with E-state index in [9.17, 15) is 12.8 Å². The molecule has 4 nitrogen and oxygen atoms in total. The normalized spacial score (nSPS) is 15.5. The van der Waals surface area contributed by atoms with Gasteiger partial charge in [-0.1, -0.05) is 29.3 Å². The molecule has 0 atom stereocenters. The fourth-order valence-corrected chi connectivity index (χ4v) is 4.29. The van der Waals surface area contributed by atoms with E-state index < -0.39 is 15.8 Å². The molecule has 1 aliphatic heterocycles. The summed E-state index contributed by atoms with van der Waals surface area (Å²) in [5.41, 5.74) is 0.963. The third-order valence-corrected chi connectivity index (χ3v) is 6.21. The zero-order valence-electron chi connectivity index (χ0n) is 13.3. The SMILES string of the molecule is O=S(=O)(Nc1cc(F)ccc1CN1CCCC1)c1ccc(Cl)c(Cl)c1. The minimum atomic E-state index is -3.90. The van der Waals surface area contributed by atoms with Crippen LogP contribution in [0.25, 0.3) is 0 Å². The summed E-state index contributed by atoms with van der Waals surface area (Å²) in [6, 6.07) is 8.18. The maximum atomic E-state index is 13.7. The van der Waals surface area contributed by atoms with Crippen LogP contribution in [-0.4, -0.2) is 26.4 Å². The van der Waals surface area contributed by atoms with E-state index in [1.165, 1.54) is 30.3 Å². The van der Waals surface area contributed by atoms with Crippen molar-refractivity contribution in [2.75, 3.05) is 17.8 Å². The van der Waals surface area contributed by atoms with Gasteiger partial charge in [-0.25, -0.2) is 12.8 Å². The molecule has 1 aliphatic rings. The second-order valence-electron chi connectivity index (χ2n) is 5.97. The molecule has 0 spiro atoms. The monoisotopic (exact) mass is 402 g/mol. The third kappa shape index (κ3) is 4.44. The summed E-state index contributed by atoms with van der Waals surface area (Å²) in [6.07, 6.45) is 2.23. The smallest absolute Gasteiger partial charge is 0.261 e. The average molecular weight is 403 g/mol. The van der Waals surface area contributed by atoms with Gasteiger partial charge in [0.25, 0.3) is 10.0 Å². The van der Waals surface area contributed by atoms with Crippen LogP contribution < -0.4 is 4.72 Å². The minimum absolute atomic E-state index is 0.0294. The van der Waals surface area contributed by atoms with Gasteiger partial charge in [-0.2, -0.15) is 0 Å². The quantitative estimate of drug-likeness (QED) is 0.798. The highest BCUT2D eigenvalue weighted by Gasteiger charge is 2.20. The Morgan fingerprint density at radius 2 is 1.76 bits per heavy atom. The van der Waals surface area contributed by atoms with E-state index >= 15 is 0 Å². The van der Waals surface area contributed by atoms with Gasteiger partial charge in [0.2, 0.25) is 0 Å². The van der Waals surface area contributed by atoms with Gasteiger partial charge in [-0.15, -0.1) is 0 Å². The largest absolute Gasteiger partial charge is 0.299 e. The number of nitrogens with zero attached hydrogens (tertiary/aromatic N) is 1. The Kier molecular flexibility index (Phi) is 5.53. The molecule has 1 heterocycles. The second kappa shape index (κ2) is 7.50. The molecular formula is C17H17Cl2FN2O2S. The topological polar surface area (TPSA) is 49.4 Å². The Hall–Kier alpha value is -1.34. The highest BCUT2D eigenvalue weighted by Crippen LogP contribution is 2.28. The van der Waals surface area contributed by atoms with Crippen LogP contribution in [0.3, 0.4) is 0 Å². The van der Waals surface area contributed by atoms with Gasteiger partial charge in [-0.3, -0.25) is 9.62 Å². The molecule has 0 saturated carbocycles. The lowest BCUT2D eigenvalue weighted by molar-refractivity contribution is 0.332. The lowest BCUT2D eigenvalue weighted by atomic mass is 10.1.